The van der Waals surface area contributed by atoms with E-state index >= 15 is 0 Å². The van der Waals surface area contributed by atoms with Crippen molar-refractivity contribution in [1.82, 2.24) is 26.9 Å². The smallest absolute Gasteiger partial charge is 0.269 e. The van der Waals surface area contributed by atoms with Crippen LogP contribution in [0.4, 0.5) is 5.69 Å². The van der Waals surface area contributed by atoms with Crippen LogP contribution < -0.4 is 32.3 Å². The number of thiocarbonyl (C=S) groups is 2. The van der Waals surface area contributed by atoms with Crippen LogP contribution in [0.2, 0.25) is 0 Å². The third kappa shape index (κ3) is 7.48. The molecule has 6 N–H and O–H groups in total. The van der Waals surface area contributed by atoms with Crippen molar-refractivity contribution in [1.29, 1.82) is 0 Å². The average molecular weight is 477 g/mol. The Labute approximate surface area is 202 Å². The van der Waals surface area contributed by atoms with Crippen molar-refractivity contribution >= 4 is 46.3 Å². The number of hydrogen-bond donors (Lipinski definition) is 6. The standard InChI is InChI=1S/C23H36N6OS2/c1-15-7-3-5-9-19(15)24-22(31)28-26-18-13-11-17(12-14-18)21(30)27-29-23(32)25-20-10-6-4-8-16(20)2/h11-16,19-20,26H,3-10H2,1-2H3,(H,27,30)(H2,24,28,31)(H2,25,29,32)/t15-,16+,19+,20-/m1/s1. The number of carbonyl (C=O) groups is 1. The van der Waals surface area contributed by atoms with Gasteiger partial charge in [-0.2, -0.15) is 0 Å². The van der Waals surface area contributed by atoms with Crippen LogP contribution in [0.25, 0.3) is 0 Å². The molecule has 9 heteroatoms. The van der Waals surface area contributed by atoms with Crippen molar-refractivity contribution < 1.29 is 4.79 Å². The first kappa shape index (κ1) is 24.5. The quantitative estimate of drug-likeness (QED) is 0.283. The minimum absolute atomic E-state index is 0.242. The van der Waals surface area contributed by atoms with E-state index in [4.69, 9.17) is 24.4 Å². The molecule has 0 bridgehead atoms. The summed E-state index contributed by atoms with van der Waals surface area (Å²) in [6.45, 7) is 4.51. The number of hydrogen-bond acceptors (Lipinski definition) is 4. The monoisotopic (exact) mass is 476 g/mol. The summed E-state index contributed by atoms with van der Waals surface area (Å²) in [6.07, 6.45) is 9.75. The molecule has 32 heavy (non-hydrogen) atoms. The molecule has 0 unspecified atom stereocenters. The zero-order valence-corrected chi connectivity index (χ0v) is 20.6. The van der Waals surface area contributed by atoms with Crippen LogP contribution in [-0.2, 0) is 0 Å². The van der Waals surface area contributed by atoms with Gasteiger partial charge in [0.1, 0.15) is 0 Å². The molecule has 0 radical (unpaired) electrons. The maximum atomic E-state index is 12.4. The number of rotatable bonds is 5. The number of amides is 1. The van der Waals surface area contributed by atoms with Crippen molar-refractivity contribution in [2.45, 2.75) is 77.3 Å². The van der Waals surface area contributed by atoms with E-state index in [1.54, 1.807) is 12.1 Å². The summed E-state index contributed by atoms with van der Waals surface area (Å²) >= 11 is 10.7. The van der Waals surface area contributed by atoms with E-state index < -0.39 is 0 Å². The molecule has 0 aromatic heterocycles. The lowest BCUT2D eigenvalue weighted by Gasteiger charge is -2.30. The van der Waals surface area contributed by atoms with Crippen LogP contribution in [-0.4, -0.2) is 28.2 Å². The molecule has 2 aliphatic carbocycles. The van der Waals surface area contributed by atoms with Crippen molar-refractivity contribution in [2.75, 3.05) is 5.43 Å². The Balaban J connectivity index is 1.38. The SMILES string of the molecule is C[C@@H]1CCCC[C@@H]1NC(=S)NNc1ccc(C(=O)NNC(=S)N[C@@H]2CCCC[C@@H]2C)cc1. The Bertz CT molecular complexity index is 787. The first-order chi connectivity index (χ1) is 15.4. The third-order valence-electron chi connectivity index (χ3n) is 6.61. The Kier molecular flexibility index (Phi) is 9.35. The fourth-order valence-electron chi connectivity index (χ4n) is 4.49. The molecule has 0 aliphatic heterocycles. The van der Waals surface area contributed by atoms with Gasteiger partial charge in [0.15, 0.2) is 10.2 Å². The van der Waals surface area contributed by atoms with E-state index in [0.29, 0.717) is 39.7 Å². The second-order valence-electron chi connectivity index (χ2n) is 9.09. The van der Waals surface area contributed by atoms with Crippen molar-refractivity contribution in [2.24, 2.45) is 11.8 Å². The Hall–Kier alpha value is -2.13. The van der Waals surface area contributed by atoms with Crippen LogP contribution in [0.1, 0.15) is 75.6 Å². The van der Waals surface area contributed by atoms with Crippen LogP contribution in [0.5, 0.6) is 0 Å². The highest BCUT2D eigenvalue weighted by Crippen LogP contribution is 2.24. The van der Waals surface area contributed by atoms with Crippen molar-refractivity contribution in [3.05, 3.63) is 29.8 Å². The predicted octanol–water partition coefficient (Wildman–Crippen LogP) is 3.74. The van der Waals surface area contributed by atoms with Crippen LogP contribution in [0, 0.1) is 11.8 Å². The van der Waals surface area contributed by atoms with Gasteiger partial charge in [-0.3, -0.25) is 26.5 Å². The van der Waals surface area contributed by atoms with E-state index in [9.17, 15) is 4.79 Å². The van der Waals surface area contributed by atoms with Gasteiger partial charge >= 0.3 is 0 Å². The lowest BCUT2D eigenvalue weighted by Crippen LogP contribution is -2.51. The lowest BCUT2D eigenvalue weighted by molar-refractivity contribution is 0.0943. The number of hydrazine groups is 2. The van der Waals surface area contributed by atoms with Crippen LogP contribution in [0.15, 0.2) is 24.3 Å². The summed E-state index contributed by atoms with van der Waals surface area (Å²) in [6, 6.07) is 7.94. The lowest BCUT2D eigenvalue weighted by atomic mass is 9.86. The highest BCUT2D eigenvalue weighted by Gasteiger charge is 2.22. The highest BCUT2D eigenvalue weighted by molar-refractivity contribution is 7.80. The molecular formula is C23H36N6OS2. The van der Waals surface area contributed by atoms with E-state index in [0.717, 1.165) is 18.5 Å². The van der Waals surface area contributed by atoms with Gasteiger partial charge < -0.3 is 10.6 Å². The number of carbonyl (C=O) groups excluding carboxylic acids is 1. The molecule has 1 amide bonds. The summed E-state index contributed by atoms with van der Waals surface area (Å²) in [5.41, 5.74) is 12.9. The predicted molar refractivity (Wildman–Crippen MR) is 138 cm³/mol. The third-order valence-corrected chi connectivity index (χ3v) is 7.05. The number of nitrogens with one attached hydrogen (secondary N) is 6. The molecule has 3 rings (SSSR count). The number of anilines is 1. The fourth-order valence-corrected chi connectivity index (χ4v) is 4.89. The minimum Gasteiger partial charge on any atom is -0.358 e. The normalized spacial score (nSPS) is 25.2. The maximum Gasteiger partial charge on any atom is 0.269 e. The molecular weight excluding hydrogens is 440 g/mol. The largest absolute Gasteiger partial charge is 0.358 e. The molecule has 0 spiro atoms. The van der Waals surface area contributed by atoms with E-state index in [-0.39, 0.29) is 5.91 Å². The van der Waals surface area contributed by atoms with Gasteiger partial charge in [0, 0.05) is 17.6 Å². The van der Waals surface area contributed by atoms with E-state index in [1.165, 1.54) is 38.5 Å². The molecule has 1 aromatic carbocycles. The molecule has 176 valence electrons. The maximum absolute atomic E-state index is 12.4. The van der Waals surface area contributed by atoms with E-state index in [2.05, 4.69) is 46.2 Å². The van der Waals surface area contributed by atoms with Crippen LogP contribution >= 0.6 is 24.4 Å². The summed E-state index contributed by atoms with van der Waals surface area (Å²) in [4.78, 5) is 12.4. The van der Waals surface area contributed by atoms with Crippen molar-refractivity contribution in [3.63, 3.8) is 0 Å². The summed E-state index contributed by atoms with van der Waals surface area (Å²) in [7, 11) is 0. The molecule has 7 nitrogen and oxygen atoms in total. The molecule has 2 aliphatic rings. The van der Waals surface area contributed by atoms with Gasteiger partial charge in [-0.25, -0.2) is 0 Å². The van der Waals surface area contributed by atoms with E-state index in [1.807, 2.05) is 12.1 Å². The van der Waals surface area contributed by atoms with Gasteiger partial charge in [-0.15, -0.1) is 0 Å². The molecule has 2 saturated carbocycles. The van der Waals surface area contributed by atoms with Gasteiger partial charge in [-0.05, 0) is 86.2 Å². The molecule has 0 saturated heterocycles. The summed E-state index contributed by atoms with van der Waals surface area (Å²) in [5, 5.41) is 7.75. The zero-order chi connectivity index (χ0) is 22.9. The topological polar surface area (TPSA) is 89.2 Å². The minimum atomic E-state index is -0.242. The second-order valence-corrected chi connectivity index (χ2v) is 9.91. The molecule has 1 aromatic rings. The summed E-state index contributed by atoms with van der Waals surface area (Å²) in [5.74, 6) is 0.972. The highest BCUT2D eigenvalue weighted by atomic mass is 32.1. The van der Waals surface area contributed by atoms with Crippen molar-refractivity contribution in [3.8, 4) is 0 Å². The first-order valence-electron chi connectivity index (χ1n) is 11.7. The number of benzene rings is 1. The second kappa shape index (κ2) is 12.2. The first-order valence-corrected chi connectivity index (χ1v) is 12.5. The zero-order valence-electron chi connectivity index (χ0n) is 19.0. The Morgan fingerprint density at radius 2 is 1.25 bits per heavy atom. The molecule has 2 fully saturated rings. The Morgan fingerprint density at radius 3 is 1.78 bits per heavy atom. The summed E-state index contributed by atoms with van der Waals surface area (Å²) < 4.78 is 0. The fraction of sp³-hybridized carbons (Fsp3) is 0.609. The molecule has 0 heterocycles. The van der Waals surface area contributed by atoms with Gasteiger partial charge in [-0.1, -0.05) is 39.5 Å². The van der Waals surface area contributed by atoms with Gasteiger partial charge in [0.05, 0.1) is 5.69 Å². The van der Waals surface area contributed by atoms with Gasteiger partial charge in [0.25, 0.3) is 5.91 Å². The average Bonchev–Trinajstić information content (AvgIpc) is 2.79. The molecule has 4 atom stereocenters. The Morgan fingerprint density at radius 1 is 0.750 bits per heavy atom. The van der Waals surface area contributed by atoms with Gasteiger partial charge in [0.2, 0.25) is 0 Å². The van der Waals surface area contributed by atoms with Crippen LogP contribution in [0.3, 0.4) is 0 Å².